The van der Waals surface area contributed by atoms with Crippen molar-refractivity contribution in [1.29, 1.82) is 5.26 Å². The van der Waals surface area contributed by atoms with Gasteiger partial charge < -0.3 is 9.73 Å². The van der Waals surface area contributed by atoms with E-state index in [9.17, 15) is 14.9 Å². The van der Waals surface area contributed by atoms with Gasteiger partial charge in [-0.2, -0.15) is 5.26 Å². The molecule has 2 rings (SSSR count). The highest BCUT2D eigenvalue weighted by Gasteiger charge is 2.19. The maximum Gasteiger partial charge on any atom is 0.281 e. The SMILES string of the molecule is CC(C)NC(=O)/C(C#N)=C\c1ccc(-c2ccc(Cl)cc2[N+](=O)[O-])o1. The average molecular weight is 360 g/mol. The lowest BCUT2D eigenvalue weighted by atomic mass is 10.1. The van der Waals surface area contributed by atoms with Crippen LogP contribution in [0.2, 0.25) is 5.02 Å². The van der Waals surface area contributed by atoms with Crippen molar-refractivity contribution >= 4 is 29.3 Å². The van der Waals surface area contributed by atoms with E-state index in [1.165, 1.54) is 36.4 Å². The summed E-state index contributed by atoms with van der Waals surface area (Å²) in [5.41, 5.74) is -0.0742. The number of nitriles is 1. The normalized spacial score (nSPS) is 11.2. The van der Waals surface area contributed by atoms with Gasteiger partial charge in [-0.15, -0.1) is 0 Å². The number of nitro groups is 1. The highest BCUT2D eigenvalue weighted by Crippen LogP contribution is 2.33. The Labute approximate surface area is 148 Å². The van der Waals surface area contributed by atoms with E-state index in [4.69, 9.17) is 21.3 Å². The fourth-order valence-electron chi connectivity index (χ4n) is 2.07. The Kier molecular flexibility index (Phi) is 5.57. The highest BCUT2D eigenvalue weighted by atomic mass is 35.5. The number of furan rings is 1. The lowest BCUT2D eigenvalue weighted by Gasteiger charge is -2.06. The summed E-state index contributed by atoms with van der Waals surface area (Å²) in [6.45, 7) is 3.55. The molecule has 0 unspecified atom stereocenters. The van der Waals surface area contributed by atoms with Crippen LogP contribution in [0.1, 0.15) is 19.6 Å². The number of carbonyl (C=O) groups excluding carboxylic acids is 1. The van der Waals surface area contributed by atoms with E-state index < -0.39 is 10.8 Å². The van der Waals surface area contributed by atoms with Crippen LogP contribution in [0.15, 0.2) is 40.3 Å². The first-order valence-corrected chi connectivity index (χ1v) is 7.66. The lowest BCUT2D eigenvalue weighted by molar-refractivity contribution is -0.384. The number of benzene rings is 1. The van der Waals surface area contributed by atoms with Gasteiger partial charge in [0.05, 0.1) is 10.5 Å². The molecule has 2 aromatic rings. The molecule has 7 nitrogen and oxygen atoms in total. The second-order valence-electron chi connectivity index (χ2n) is 5.42. The minimum atomic E-state index is -0.559. The van der Waals surface area contributed by atoms with E-state index in [2.05, 4.69) is 5.32 Å². The van der Waals surface area contributed by atoms with Gasteiger partial charge >= 0.3 is 0 Å². The number of nitro benzene ring substituents is 1. The number of nitrogens with zero attached hydrogens (tertiary/aromatic N) is 2. The number of hydrogen-bond acceptors (Lipinski definition) is 5. The van der Waals surface area contributed by atoms with Crippen molar-refractivity contribution in [3.63, 3.8) is 0 Å². The Morgan fingerprint density at radius 2 is 2.12 bits per heavy atom. The monoisotopic (exact) mass is 359 g/mol. The van der Waals surface area contributed by atoms with Crippen LogP contribution in [0.3, 0.4) is 0 Å². The summed E-state index contributed by atoms with van der Waals surface area (Å²) < 4.78 is 5.53. The van der Waals surface area contributed by atoms with Crippen molar-refractivity contribution in [1.82, 2.24) is 5.32 Å². The molecule has 0 atom stereocenters. The van der Waals surface area contributed by atoms with E-state index in [1.54, 1.807) is 19.9 Å². The zero-order valence-electron chi connectivity index (χ0n) is 13.4. The predicted octanol–water partition coefficient (Wildman–Crippen LogP) is 3.94. The maximum absolute atomic E-state index is 11.9. The van der Waals surface area contributed by atoms with Gasteiger partial charge in [-0.1, -0.05) is 11.6 Å². The zero-order valence-corrected chi connectivity index (χ0v) is 14.2. The maximum atomic E-state index is 11.9. The van der Waals surface area contributed by atoms with Gasteiger partial charge in [-0.3, -0.25) is 14.9 Å². The van der Waals surface area contributed by atoms with Gasteiger partial charge in [-0.25, -0.2) is 0 Å². The predicted molar refractivity (Wildman–Crippen MR) is 92.7 cm³/mol. The van der Waals surface area contributed by atoms with E-state index in [1.807, 2.05) is 0 Å². The first kappa shape index (κ1) is 18.2. The van der Waals surface area contributed by atoms with Gasteiger partial charge in [0.2, 0.25) is 0 Å². The van der Waals surface area contributed by atoms with Crippen LogP contribution in [-0.2, 0) is 4.79 Å². The van der Waals surface area contributed by atoms with Crippen molar-refractivity contribution < 1.29 is 14.1 Å². The largest absolute Gasteiger partial charge is 0.456 e. The van der Waals surface area contributed by atoms with Crippen molar-refractivity contribution in [2.24, 2.45) is 0 Å². The first-order chi connectivity index (χ1) is 11.8. The highest BCUT2D eigenvalue weighted by molar-refractivity contribution is 6.30. The van der Waals surface area contributed by atoms with Crippen LogP contribution in [-0.4, -0.2) is 16.9 Å². The molecule has 1 heterocycles. The Hall–Kier alpha value is -3.11. The third-order valence-electron chi connectivity index (χ3n) is 3.12. The molecular formula is C17H14ClN3O4. The van der Waals surface area contributed by atoms with E-state index >= 15 is 0 Å². The number of hydrogen-bond donors (Lipinski definition) is 1. The molecule has 1 aromatic carbocycles. The molecule has 0 bridgehead atoms. The quantitative estimate of drug-likeness (QED) is 0.376. The topological polar surface area (TPSA) is 109 Å². The van der Waals surface area contributed by atoms with Crippen LogP contribution in [0.5, 0.6) is 0 Å². The van der Waals surface area contributed by atoms with Crippen molar-refractivity contribution in [3.05, 3.63) is 56.8 Å². The summed E-state index contributed by atoms with van der Waals surface area (Å²) in [4.78, 5) is 22.5. The van der Waals surface area contributed by atoms with Gasteiger partial charge in [-0.05, 0) is 38.1 Å². The molecule has 1 amide bonds. The molecule has 1 N–H and O–H groups in total. The minimum Gasteiger partial charge on any atom is -0.456 e. The Morgan fingerprint density at radius 1 is 1.40 bits per heavy atom. The van der Waals surface area contributed by atoms with Gasteiger partial charge in [0.15, 0.2) is 0 Å². The number of nitrogens with one attached hydrogen (secondary N) is 1. The standard InChI is InChI=1S/C17H14ClN3O4/c1-10(2)20-17(22)11(9-19)7-13-4-6-16(25-13)14-5-3-12(18)8-15(14)21(23)24/h3-8,10H,1-2H3,(H,20,22)/b11-7-. The van der Waals surface area contributed by atoms with Crippen LogP contribution in [0.25, 0.3) is 17.4 Å². The van der Waals surface area contributed by atoms with Crippen molar-refractivity contribution in [3.8, 4) is 17.4 Å². The Bertz CT molecular complexity index is 894. The Balaban J connectivity index is 2.38. The van der Waals surface area contributed by atoms with Gasteiger partial charge in [0, 0.05) is 23.2 Å². The summed E-state index contributed by atoms with van der Waals surface area (Å²) >= 11 is 5.79. The molecule has 0 saturated heterocycles. The molecular weight excluding hydrogens is 346 g/mol. The third-order valence-corrected chi connectivity index (χ3v) is 3.36. The molecule has 0 spiro atoms. The summed E-state index contributed by atoms with van der Waals surface area (Å²) in [6, 6.07) is 8.95. The summed E-state index contributed by atoms with van der Waals surface area (Å²) in [5.74, 6) is -0.0567. The van der Waals surface area contributed by atoms with Crippen molar-refractivity contribution in [2.45, 2.75) is 19.9 Å². The molecule has 0 radical (unpaired) electrons. The van der Waals surface area contributed by atoms with Crippen molar-refractivity contribution in [2.75, 3.05) is 0 Å². The van der Waals surface area contributed by atoms with Crippen LogP contribution in [0.4, 0.5) is 5.69 Å². The van der Waals surface area contributed by atoms with E-state index in [0.29, 0.717) is 0 Å². The second-order valence-corrected chi connectivity index (χ2v) is 5.86. The molecule has 1 aromatic heterocycles. The molecule has 0 saturated carbocycles. The molecule has 25 heavy (non-hydrogen) atoms. The van der Waals surface area contributed by atoms with E-state index in [-0.39, 0.29) is 39.4 Å². The van der Waals surface area contributed by atoms with Crippen LogP contribution < -0.4 is 5.32 Å². The van der Waals surface area contributed by atoms with Crippen LogP contribution >= 0.6 is 11.6 Å². The first-order valence-electron chi connectivity index (χ1n) is 7.28. The van der Waals surface area contributed by atoms with Crippen LogP contribution in [0, 0.1) is 21.4 Å². The molecule has 0 aliphatic heterocycles. The van der Waals surface area contributed by atoms with E-state index in [0.717, 1.165) is 0 Å². The number of carbonyl (C=O) groups is 1. The molecule has 0 fully saturated rings. The lowest BCUT2D eigenvalue weighted by Crippen LogP contribution is -2.30. The number of rotatable bonds is 5. The molecule has 0 aliphatic carbocycles. The van der Waals surface area contributed by atoms with Gasteiger partial charge in [0.1, 0.15) is 23.2 Å². The molecule has 0 aliphatic rings. The smallest absolute Gasteiger partial charge is 0.281 e. The fraction of sp³-hybridized carbons (Fsp3) is 0.176. The number of amides is 1. The molecule has 8 heteroatoms. The fourth-order valence-corrected chi connectivity index (χ4v) is 2.24. The summed E-state index contributed by atoms with van der Waals surface area (Å²) in [6.07, 6.45) is 1.28. The summed E-state index contributed by atoms with van der Waals surface area (Å²) in [7, 11) is 0. The zero-order chi connectivity index (χ0) is 18.6. The second kappa shape index (κ2) is 7.64. The average Bonchev–Trinajstić information content (AvgIpc) is 3.00. The summed E-state index contributed by atoms with van der Waals surface area (Å²) in [5, 5.41) is 23.1. The third kappa shape index (κ3) is 4.46. The Morgan fingerprint density at radius 3 is 2.72 bits per heavy atom. The van der Waals surface area contributed by atoms with Gasteiger partial charge in [0.25, 0.3) is 11.6 Å². The molecule has 128 valence electrons. The minimum absolute atomic E-state index is 0.117. The number of halogens is 1.